The predicted octanol–water partition coefficient (Wildman–Crippen LogP) is -8.42. The van der Waals surface area contributed by atoms with Crippen LogP contribution in [-0.4, -0.2) is 164 Å². The van der Waals surface area contributed by atoms with Gasteiger partial charge in [-0.2, -0.15) is 0 Å². The zero-order valence-electron chi connectivity index (χ0n) is 21.7. The summed E-state index contributed by atoms with van der Waals surface area (Å²) in [6, 6.07) is -3.32. The number of hydrogen-bond acceptors (Lipinski definition) is 17. The van der Waals surface area contributed by atoms with Crippen LogP contribution in [0.2, 0.25) is 0 Å². The van der Waals surface area contributed by atoms with Crippen LogP contribution in [-0.2, 0) is 23.7 Å². The van der Waals surface area contributed by atoms with Crippen LogP contribution in [0.1, 0.15) is 12.8 Å². The number of carbonyl (C=O) groups is 1. The first-order valence-electron chi connectivity index (χ1n) is 13.1. The van der Waals surface area contributed by atoms with E-state index in [9.17, 15) is 45.6 Å². The van der Waals surface area contributed by atoms with E-state index in [1.807, 2.05) is 0 Å². The minimum absolute atomic E-state index is 0.00101. The second-order valence-corrected chi connectivity index (χ2v) is 10.3. The fraction of sp³-hybridized carbons (Fsp3) is 0.955. The van der Waals surface area contributed by atoms with Crippen molar-refractivity contribution in [1.82, 2.24) is 5.32 Å². The Labute approximate surface area is 229 Å². The van der Waals surface area contributed by atoms with Crippen LogP contribution >= 0.6 is 0 Å². The monoisotopic (exact) mass is 585 g/mol. The third kappa shape index (κ3) is 7.06. The molecule has 2 aliphatic heterocycles. The number of nitrogens with two attached hydrogens (primary N) is 4. The number of hydrogen-bond donors (Lipinski definition) is 13. The van der Waals surface area contributed by atoms with Gasteiger partial charge in [-0.25, -0.2) is 0 Å². The number of nitrogens with one attached hydrogen (secondary N) is 1. The first-order chi connectivity index (χ1) is 18.9. The molecule has 1 aliphatic carbocycles. The molecule has 40 heavy (non-hydrogen) atoms. The molecule has 0 bridgehead atoms. The van der Waals surface area contributed by atoms with E-state index in [2.05, 4.69) is 5.32 Å². The van der Waals surface area contributed by atoms with Gasteiger partial charge >= 0.3 is 0 Å². The Morgan fingerprint density at radius 1 is 0.825 bits per heavy atom. The third-order valence-electron chi connectivity index (χ3n) is 7.48. The Morgan fingerprint density at radius 3 is 1.90 bits per heavy atom. The van der Waals surface area contributed by atoms with Gasteiger partial charge in [0, 0.05) is 18.6 Å². The summed E-state index contributed by atoms with van der Waals surface area (Å²) in [6.45, 7) is -0.957. The van der Waals surface area contributed by atoms with Crippen molar-refractivity contribution in [2.45, 2.75) is 111 Å². The molecule has 1 saturated carbocycles. The standard InChI is InChI=1S/C22H43N5O13/c23-2-1-8(29)20(36)27-11-12(30)10(5-28)38-21(14(11)32)39-18-6(25)3-7(26)19(17(18)35)40-22-16(34)15(33)13(31)9(4-24)37-22/h6-19,21-22,28-35H,1-5,23-26H2,(H,27,36)/t6-,7+,8+,9+,10+,11+,12-,13-,14-,15-,16-,17+,18+,19-,21-,22-/m1/s1. The van der Waals surface area contributed by atoms with Gasteiger partial charge in [0.25, 0.3) is 0 Å². The molecule has 18 nitrogen and oxygen atoms in total. The molecule has 2 saturated heterocycles. The first-order valence-corrected chi connectivity index (χ1v) is 13.1. The lowest BCUT2D eigenvalue weighted by Gasteiger charge is -2.48. The summed E-state index contributed by atoms with van der Waals surface area (Å²) in [5.74, 6) is -0.936. The second-order valence-electron chi connectivity index (χ2n) is 10.3. The molecule has 234 valence electrons. The minimum Gasteiger partial charge on any atom is -0.394 e. The van der Waals surface area contributed by atoms with Crippen molar-refractivity contribution in [3.63, 3.8) is 0 Å². The van der Waals surface area contributed by atoms with Gasteiger partial charge in [-0.3, -0.25) is 4.79 Å². The van der Waals surface area contributed by atoms with Crippen LogP contribution in [0.25, 0.3) is 0 Å². The van der Waals surface area contributed by atoms with Crippen LogP contribution in [0.3, 0.4) is 0 Å². The number of aliphatic hydroxyl groups is 8. The van der Waals surface area contributed by atoms with Crippen molar-refractivity contribution in [1.29, 1.82) is 0 Å². The molecule has 0 aromatic rings. The van der Waals surface area contributed by atoms with E-state index < -0.39 is 110 Å². The van der Waals surface area contributed by atoms with Crippen LogP contribution < -0.4 is 28.3 Å². The minimum atomic E-state index is -1.76. The Morgan fingerprint density at radius 2 is 1.38 bits per heavy atom. The average molecular weight is 586 g/mol. The SMILES string of the molecule is NCC[C@H](O)C(=O)N[C@@H]1[C@@H](O)[C@@H](O[C@@H]2[C@H](O)[C@H](O[C@H]3O[C@@H](CN)[C@@H](O)[C@@H](O)[C@H]3O)[C@@H](N)C[C@H]2N)O[C@@H](CO)[C@H]1O. The zero-order valence-corrected chi connectivity index (χ0v) is 21.7. The van der Waals surface area contributed by atoms with Gasteiger partial charge in [-0.1, -0.05) is 0 Å². The lowest BCUT2D eigenvalue weighted by Crippen LogP contribution is -2.69. The Balaban J connectivity index is 1.75. The normalized spacial score (nSPS) is 47.0. The number of amides is 1. The number of ether oxygens (including phenoxy) is 4. The zero-order chi connectivity index (χ0) is 29.9. The highest BCUT2D eigenvalue weighted by Crippen LogP contribution is 2.31. The molecular formula is C22H43N5O13. The predicted molar refractivity (Wildman–Crippen MR) is 131 cm³/mol. The van der Waals surface area contributed by atoms with E-state index in [0.29, 0.717) is 0 Å². The quantitative estimate of drug-likeness (QED) is 0.113. The van der Waals surface area contributed by atoms with Crippen molar-refractivity contribution in [2.24, 2.45) is 22.9 Å². The molecule has 0 radical (unpaired) electrons. The third-order valence-corrected chi connectivity index (χ3v) is 7.48. The molecule has 3 fully saturated rings. The summed E-state index contributed by atoms with van der Waals surface area (Å²) < 4.78 is 22.4. The van der Waals surface area contributed by atoms with Gasteiger partial charge in [-0.05, 0) is 19.4 Å². The van der Waals surface area contributed by atoms with Crippen LogP contribution in [0.5, 0.6) is 0 Å². The van der Waals surface area contributed by atoms with Gasteiger partial charge in [0.2, 0.25) is 5.91 Å². The van der Waals surface area contributed by atoms with Crippen LogP contribution in [0.15, 0.2) is 0 Å². The molecule has 0 aromatic heterocycles. The van der Waals surface area contributed by atoms with Crippen molar-refractivity contribution in [3.05, 3.63) is 0 Å². The molecule has 3 aliphatic rings. The fourth-order valence-electron chi connectivity index (χ4n) is 5.09. The summed E-state index contributed by atoms with van der Waals surface area (Å²) in [5.41, 5.74) is 23.2. The smallest absolute Gasteiger partial charge is 0.249 e. The lowest BCUT2D eigenvalue weighted by atomic mass is 9.84. The second kappa shape index (κ2) is 14.3. The summed E-state index contributed by atoms with van der Waals surface area (Å²) in [4.78, 5) is 12.3. The van der Waals surface area contributed by atoms with Gasteiger partial charge in [0.15, 0.2) is 12.6 Å². The molecule has 0 aromatic carbocycles. The molecule has 0 unspecified atom stereocenters. The van der Waals surface area contributed by atoms with Crippen molar-refractivity contribution < 1.29 is 64.6 Å². The molecule has 2 heterocycles. The van der Waals surface area contributed by atoms with E-state index in [1.165, 1.54) is 0 Å². The summed E-state index contributed by atoms with van der Waals surface area (Å²) in [5, 5.41) is 85.0. The highest BCUT2D eigenvalue weighted by atomic mass is 16.7. The molecule has 16 atom stereocenters. The van der Waals surface area contributed by atoms with E-state index in [0.717, 1.165) is 0 Å². The van der Waals surface area contributed by atoms with Gasteiger partial charge < -0.3 is 88.1 Å². The lowest BCUT2D eigenvalue weighted by molar-refractivity contribution is -0.332. The molecular weight excluding hydrogens is 542 g/mol. The maximum absolute atomic E-state index is 12.3. The maximum atomic E-state index is 12.3. The van der Waals surface area contributed by atoms with E-state index in [4.69, 9.17) is 41.9 Å². The van der Waals surface area contributed by atoms with Crippen LogP contribution in [0.4, 0.5) is 0 Å². The first kappa shape index (κ1) is 33.3. The van der Waals surface area contributed by atoms with Gasteiger partial charge in [0.05, 0.1) is 12.6 Å². The highest BCUT2D eigenvalue weighted by Gasteiger charge is 2.52. The Hall–Kier alpha value is -1.17. The summed E-state index contributed by atoms with van der Waals surface area (Å²) >= 11 is 0. The number of aliphatic hydroxyl groups excluding tert-OH is 8. The topological polar surface area (TPSA) is 332 Å². The van der Waals surface area contributed by atoms with Crippen LogP contribution in [0, 0.1) is 0 Å². The molecule has 18 heteroatoms. The van der Waals surface area contributed by atoms with Crippen molar-refractivity contribution >= 4 is 5.91 Å². The van der Waals surface area contributed by atoms with E-state index in [-0.39, 0.29) is 25.9 Å². The van der Waals surface area contributed by atoms with E-state index >= 15 is 0 Å². The summed E-state index contributed by atoms with van der Waals surface area (Å²) in [6.07, 6.45) is -19.7. The maximum Gasteiger partial charge on any atom is 0.249 e. The average Bonchev–Trinajstić information content (AvgIpc) is 2.92. The molecule has 17 N–H and O–H groups in total. The number of rotatable bonds is 10. The van der Waals surface area contributed by atoms with Crippen molar-refractivity contribution in [3.8, 4) is 0 Å². The highest BCUT2D eigenvalue weighted by molar-refractivity contribution is 5.80. The number of carbonyl (C=O) groups excluding carboxylic acids is 1. The van der Waals surface area contributed by atoms with E-state index in [1.54, 1.807) is 0 Å². The summed E-state index contributed by atoms with van der Waals surface area (Å²) in [7, 11) is 0. The van der Waals surface area contributed by atoms with Crippen molar-refractivity contribution in [2.75, 3.05) is 19.7 Å². The Bertz CT molecular complexity index is 817. The largest absolute Gasteiger partial charge is 0.394 e. The Kier molecular flexibility index (Phi) is 11.9. The molecule has 3 rings (SSSR count). The molecule has 1 amide bonds. The van der Waals surface area contributed by atoms with Gasteiger partial charge in [-0.15, -0.1) is 0 Å². The fourth-order valence-corrected chi connectivity index (χ4v) is 5.09. The van der Waals surface area contributed by atoms with Gasteiger partial charge in [0.1, 0.15) is 67.1 Å². The molecule has 0 spiro atoms.